The Morgan fingerprint density at radius 2 is 1.29 bits per heavy atom. The van der Waals surface area contributed by atoms with E-state index in [1.807, 2.05) is 66.9 Å². The molecule has 0 aliphatic rings. The van der Waals surface area contributed by atoms with Gasteiger partial charge in [-0.15, -0.1) is 0 Å². The lowest BCUT2D eigenvalue weighted by Crippen LogP contribution is -1.94. The van der Waals surface area contributed by atoms with Crippen LogP contribution in [0, 0.1) is 0 Å². The van der Waals surface area contributed by atoms with E-state index in [-0.39, 0.29) is 0 Å². The predicted molar refractivity (Wildman–Crippen MR) is 124 cm³/mol. The number of allylic oxidation sites excluding steroid dienone is 2. The fourth-order valence-corrected chi connectivity index (χ4v) is 3.02. The molecule has 2 nitrogen and oxygen atoms in total. The maximum absolute atomic E-state index is 4.73. The van der Waals surface area contributed by atoms with E-state index >= 15 is 0 Å². The van der Waals surface area contributed by atoms with Crippen LogP contribution in [0.1, 0.15) is 64.7 Å². The molecule has 0 aliphatic heterocycles. The molecule has 0 spiro atoms. The SMILES string of the molecule is CCCCCCCCCCC=CC(C=Nc1ccccc1)=Nc1ccccc1. The van der Waals surface area contributed by atoms with Crippen molar-refractivity contribution in [3.05, 3.63) is 72.8 Å². The fourth-order valence-electron chi connectivity index (χ4n) is 3.02. The first-order valence-electron chi connectivity index (χ1n) is 10.8. The van der Waals surface area contributed by atoms with Crippen LogP contribution in [0.4, 0.5) is 11.4 Å². The highest BCUT2D eigenvalue weighted by Crippen LogP contribution is 2.13. The Morgan fingerprint density at radius 3 is 1.93 bits per heavy atom. The topological polar surface area (TPSA) is 24.7 Å². The van der Waals surface area contributed by atoms with Crippen LogP contribution in [-0.4, -0.2) is 11.9 Å². The van der Waals surface area contributed by atoms with Crippen LogP contribution in [-0.2, 0) is 0 Å². The minimum atomic E-state index is 0.884. The Balaban J connectivity index is 1.83. The third-order valence-electron chi connectivity index (χ3n) is 4.63. The Hall–Kier alpha value is -2.48. The Bertz CT molecular complexity index is 715. The second-order valence-electron chi connectivity index (χ2n) is 7.13. The minimum absolute atomic E-state index is 0.884. The van der Waals surface area contributed by atoms with Crippen LogP contribution in [0.2, 0.25) is 0 Å². The maximum Gasteiger partial charge on any atom is 0.0816 e. The molecule has 2 heteroatoms. The van der Waals surface area contributed by atoms with Crippen molar-refractivity contribution in [1.82, 2.24) is 0 Å². The molecule has 0 amide bonds. The number of nitrogens with zero attached hydrogens (tertiary/aromatic N) is 2. The summed E-state index contributed by atoms with van der Waals surface area (Å²) in [7, 11) is 0. The number of aliphatic imine (C=N–C) groups is 2. The van der Waals surface area contributed by atoms with Crippen LogP contribution in [0.25, 0.3) is 0 Å². The van der Waals surface area contributed by atoms with Crippen molar-refractivity contribution < 1.29 is 0 Å². The minimum Gasteiger partial charge on any atom is -0.255 e. The zero-order chi connectivity index (χ0) is 19.7. The quantitative estimate of drug-likeness (QED) is 0.249. The first kappa shape index (κ1) is 21.8. The second kappa shape index (κ2) is 14.6. The Labute approximate surface area is 171 Å². The number of hydrogen-bond donors (Lipinski definition) is 0. The van der Waals surface area contributed by atoms with Crippen LogP contribution >= 0.6 is 0 Å². The molecule has 2 aromatic rings. The molecular formula is C26H34N2. The monoisotopic (exact) mass is 374 g/mol. The highest BCUT2D eigenvalue weighted by Gasteiger charge is 1.94. The van der Waals surface area contributed by atoms with Crippen molar-refractivity contribution in [1.29, 1.82) is 0 Å². The van der Waals surface area contributed by atoms with Gasteiger partial charge >= 0.3 is 0 Å². The summed E-state index contributed by atoms with van der Waals surface area (Å²) in [5, 5.41) is 0. The van der Waals surface area contributed by atoms with E-state index in [9.17, 15) is 0 Å². The number of hydrogen-bond acceptors (Lipinski definition) is 2. The molecular weight excluding hydrogens is 340 g/mol. The molecule has 28 heavy (non-hydrogen) atoms. The fraction of sp³-hybridized carbons (Fsp3) is 0.385. The number of benzene rings is 2. The molecule has 0 aliphatic carbocycles. The molecule has 0 unspecified atom stereocenters. The molecule has 0 fully saturated rings. The summed E-state index contributed by atoms with van der Waals surface area (Å²) in [5.74, 6) is 0. The predicted octanol–water partition coefficient (Wildman–Crippen LogP) is 8.25. The molecule has 2 rings (SSSR count). The van der Waals surface area contributed by atoms with E-state index in [2.05, 4.69) is 24.1 Å². The van der Waals surface area contributed by atoms with Crippen molar-refractivity contribution >= 4 is 23.3 Å². The van der Waals surface area contributed by atoms with Gasteiger partial charge in [0.1, 0.15) is 0 Å². The van der Waals surface area contributed by atoms with Crippen molar-refractivity contribution in [3.8, 4) is 0 Å². The van der Waals surface area contributed by atoms with Crippen LogP contribution in [0.5, 0.6) is 0 Å². The molecule has 0 saturated carbocycles. The molecule has 0 N–H and O–H groups in total. The summed E-state index contributed by atoms with van der Waals surface area (Å²) in [4.78, 5) is 9.29. The lowest BCUT2D eigenvalue weighted by Gasteiger charge is -2.00. The molecule has 0 bridgehead atoms. The van der Waals surface area contributed by atoms with E-state index < -0.39 is 0 Å². The lowest BCUT2D eigenvalue weighted by atomic mass is 10.1. The van der Waals surface area contributed by atoms with Gasteiger partial charge in [0, 0.05) is 0 Å². The first-order chi connectivity index (χ1) is 13.9. The first-order valence-corrected chi connectivity index (χ1v) is 10.8. The average molecular weight is 375 g/mol. The zero-order valence-corrected chi connectivity index (χ0v) is 17.3. The van der Waals surface area contributed by atoms with Crippen molar-refractivity contribution in [2.45, 2.75) is 64.7 Å². The van der Waals surface area contributed by atoms with Gasteiger partial charge in [0.05, 0.1) is 23.3 Å². The highest BCUT2D eigenvalue weighted by molar-refractivity contribution is 6.36. The number of para-hydroxylation sites is 2. The molecule has 148 valence electrons. The third-order valence-corrected chi connectivity index (χ3v) is 4.63. The Morgan fingerprint density at radius 1 is 0.714 bits per heavy atom. The maximum atomic E-state index is 4.73. The van der Waals surface area contributed by atoms with Crippen molar-refractivity contribution in [3.63, 3.8) is 0 Å². The summed E-state index contributed by atoms with van der Waals surface area (Å²) in [6.07, 6.45) is 18.1. The van der Waals surface area contributed by atoms with E-state index in [1.165, 1.54) is 51.4 Å². The normalized spacial score (nSPS) is 12.2. The Kier molecular flexibility index (Phi) is 11.3. The summed E-state index contributed by atoms with van der Waals surface area (Å²) in [5.41, 5.74) is 2.78. The van der Waals surface area contributed by atoms with E-state index in [4.69, 9.17) is 4.99 Å². The van der Waals surface area contributed by atoms with Crippen LogP contribution in [0.3, 0.4) is 0 Å². The molecule has 0 radical (unpaired) electrons. The van der Waals surface area contributed by atoms with Gasteiger partial charge in [-0.2, -0.15) is 0 Å². The summed E-state index contributed by atoms with van der Waals surface area (Å²) >= 11 is 0. The molecule has 2 aromatic carbocycles. The lowest BCUT2D eigenvalue weighted by molar-refractivity contribution is 0.577. The van der Waals surface area contributed by atoms with E-state index in [1.54, 1.807) is 0 Å². The summed E-state index contributed by atoms with van der Waals surface area (Å²) in [6.45, 7) is 2.27. The van der Waals surface area contributed by atoms with E-state index in [0.717, 1.165) is 23.5 Å². The number of unbranched alkanes of at least 4 members (excludes halogenated alkanes) is 8. The van der Waals surface area contributed by atoms with Crippen LogP contribution < -0.4 is 0 Å². The molecule has 0 saturated heterocycles. The van der Waals surface area contributed by atoms with Gasteiger partial charge in [0.25, 0.3) is 0 Å². The zero-order valence-electron chi connectivity index (χ0n) is 17.3. The third kappa shape index (κ3) is 10.0. The van der Waals surface area contributed by atoms with E-state index in [0.29, 0.717) is 0 Å². The summed E-state index contributed by atoms with van der Waals surface area (Å²) < 4.78 is 0. The molecule has 0 atom stereocenters. The van der Waals surface area contributed by atoms with Gasteiger partial charge < -0.3 is 0 Å². The average Bonchev–Trinajstić information content (AvgIpc) is 2.74. The number of rotatable bonds is 13. The smallest absolute Gasteiger partial charge is 0.0816 e. The largest absolute Gasteiger partial charge is 0.255 e. The van der Waals surface area contributed by atoms with Gasteiger partial charge in [0.2, 0.25) is 0 Å². The van der Waals surface area contributed by atoms with Crippen molar-refractivity contribution in [2.75, 3.05) is 0 Å². The highest BCUT2D eigenvalue weighted by atomic mass is 14.8. The van der Waals surface area contributed by atoms with Crippen molar-refractivity contribution in [2.24, 2.45) is 9.98 Å². The summed E-state index contributed by atoms with van der Waals surface area (Å²) in [6, 6.07) is 20.1. The van der Waals surface area contributed by atoms with Gasteiger partial charge in [-0.3, -0.25) is 4.99 Å². The second-order valence-corrected chi connectivity index (χ2v) is 7.13. The standard InChI is InChI=1S/C26H34N2/c1-2-3-4-5-6-7-8-9-10-13-22-26(28-25-20-16-12-17-21-25)23-27-24-18-14-11-15-19-24/h11-23H,2-10H2,1H3. The van der Waals surface area contributed by atoms with Gasteiger partial charge in [-0.25, -0.2) is 4.99 Å². The van der Waals surface area contributed by atoms with Gasteiger partial charge in [-0.1, -0.05) is 94.3 Å². The molecule has 0 heterocycles. The van der Waals surface area contributed by atoms with Crippen LogP contribution in [0.15, 0.2) is 82.8 Å². The van der Waals surface area contributed by atoms with Gasteiger partial charge in [0.15, 0.2) is 0 Å². The van der Waals surface area contributed by atoms with Gasteiger partial charge in [-0.05, 0) is 43.2 Å². The molecule has 0 aromatic heterocycles.